The minimum atomic E-state index is 0.596. The topological polar surface area (TPSA) is 27.7 Å². The first kappa shape index (κ1) is 16.4. The van der Waals surface area contributed by atoms with Crippen molar-refractivity contribution in [1.29, 1.82) is 0 Å². The summed E-state index contributed by atoms with van der Waals surface area (Å²) in [6, 6.07) is 4.05. The maximum atomic E-state index is 5.81. The van der Waals surface area contributed by atoms with Gasteiger partial charge in [0.2, 0.25) is 5.75 Å². The van der Waals surface area contributed by atoms with Gasteiger partial charge in [-0.2, -0.15) is 0 Å². The van der Waals surface area contributed by atoms with Gasteiger partial charge in [0.05, 0.1) is 19.8 Å². The summed E-state index contributed by atoms with van der Waals surface area (Å²) >= 11 is 0. The van der Waals surface area contributed by atoms with Crippen LogP contribution in [0.5, 0.6) is 17.2 Å². The second-order valence-corrected chi connectivity index (χ2v) is 4.29. The van der Waals surface area contributed by atoms with Crippen molar-refractivity contribution in [3.8, 4) is 17.2 Å². The normalized spacial score (nSPS) is 10.8. The van der Waals surface area contributed by atoms with E-state index in [1.54, 1.807) is 0 Å². The minimum Gasteiger partial charge on any atom is -0.490 e. The highest BCUT2D eigenvalue weighted by atomic mass is 16.5. The van der Waals surface area contributed by atoms with Crippen molar-refractivity contribution >= 4 is 0 Å². The summed E-state index contributed by atoms with van der Waals surface area (Å²) in [4.78, 5) is 0. The smallest absolute Gasteiger partial charge is 0.203 e. The molecule has 0 amide bonds. The molecule has 0 radical (unpaired) electrons. The number of allylic oxidation sites excluding steroid dienone is 2. The van der Waals surface area contributed by atoms with Crippen LogP contribution < -0.4 is 14.2 Å². The molecule has 0 spiro atoms. The van der Waals surface area contributed by atoms with Crippen molar-refractivity contribution in [1.82, 2.24) is 0 Å². The van der Waals surface area contributed by atoms with Crippen molar-refractivity contribution in [2.75, 3.05) is 19.8 Å². The molecular formula is C17H26O3. The van der Waals surface area contributed by atoms with Crippen molar-refractivity contribution in [3.05, 3.63) is 29.8 Å². The van der Waals surface area contributed by atoms with E-state index in [1.807, 2.05) is 33.8 Å². The molecule has 0 N–H and O–H groups in total. The zero-order chi connectivity index (χ0) is 14.8. The second-order valence-electron chi connectivity index (χ2n) is 4.29. The standard InChI is InChI=1S/C17H26O3/c1-5-9-10-11-14-12-13-15(18-6-2)17(20-8-4)16(14)19-7-3/h5,9,12-13H,6-8,10-11H2,1-4H3/b9-5-. The molecule has 20 heavy (non-hydrogen) atoms. The summed E-state index contributed by atoms with van der Waals surface area (Å²) in [5.41, 5.74) is 1.16. The van der Waals surface area contributed by atoms with Gasteiger partial charge in [0.15, 0.2) is 11.5 Å². The molecule has 0 bridgehead atoms. The molecule has 3 heteroatoms. The minimum absolute atomic E-state index is 0.596. The van der Waals surface area contributed by atoms with Crippen molar-refractivity contribution in [3.63, 3.8) is 0 Å². The number of rotatable bonds is 9. The van der Waals surface area contributed by atoms with Crippen LogP contribution in [0.2, 0.25) is 0 Å². The van der Waals surface area contributed by atoms with Gasteiger partial charge in [-0.15, -0.1) is 0 Å². The third-order valence-corrected chi connectivity index (χ3v) is 2.85. The summed E-state index contributed by atoms with van der Waals surface area (Å²) in [5.74, 6) is 2.31. The van der Waals surface area contributed by atoms with Crippen LogP contribution in [0, 0.1) is 0 Å². The maximum absolute atomic E-state index is 5.81. The third-order valence-electron chi connectivity index (χ3n) is 2.85. The van der Waals surface area contributed by atoms with Crippen molar-refractivity contribution < 1.29 is 14.2 Å². The highest BCUT2D eigenvalue weighted by Crippen LogP contribution is 2.41. The molecule has 0 aliphatic rings. The quantitative estimate of drug-likeness (QED) is 0.627. The highest BCUT2D eigenvalue weighted by molar-refractivity contribution is 5.56. The Labute approximate surface area is 122 Å². The van der Waals surface area contributed by atoms with E-state index in [0.717, 1.165) is 35.7 Å². The van der Waals surface area contributed by atoms with Gasteiger partial charge in [-0.3, -0.25) is 0 Å². The largest absolute Gasteiger partial charge is 0.490 e. The van der Waals surface area contributed by atoms with Gasteiger partial charge in [0, 0.05) is 0 Å². The van der Waals surface area contributed by atoms with Gasteiger partial charge >= 0.3 is 0 Å². The third kappa shape index (κ3) is 4.48. The molecule has 1 rings (SSSR count). The average Bonchev–Trinajstić information content (AvgIpc) is 2.45. The van der Waals surface area contributed by atoms with Crippen LogP contribution >= 0.6 is 0 Å². The Morgan fingerprint density at radius 3 is 2.15 bits per heavy atom. The van der Waals surface area contributed by atoms with Crippen LogP contribution in [-0.2, 0) is 6.42 Å². The summed E-state index contributed by atoms with van der Waals surface area (Å²) < 4.78 is 17.2. The summed E-state index contributed by atoms with van der Waals surface area (Å²) in [6.45, 7) is 9.79. The Balaban J connectivity index is 3.12. The fourth-order valence-corrected chi connectivity index (χ4v) is 2.04. The second kappa shape index (κ2) is 9.29. The molecule has 0 heterocycles. The maximum Gasteiger partial charge on any atom is 0.203 e. The van der Waals surface area contributed by atoms with Gasteiger partial charge in [-0.25, -0.2) is 0 Å². The Hall–Kier alpha value is -1.64. The Kier molecular flexibility index (Phi) is 7.63. The molecule has 0 aliphatic heterocycles. The number of benzene rings is 1. The molecule has 0 aliphatic carbocycles. The summed E-state index contributed by atoms with van der Waals surface area (Å²) in [6.07, 6.45) is 6.16. The molecule has 1 aromatic rings. The molecule has 3 nitrogen and oxygen atoms in total. The lowest BCUT2D eigenvalue weighted by Gasteiger charge is -2.18. The Morgan fingerprint density at radius 1 is 0.900 bits per heavy atom. The SMILES string of the molecule is C/C=C\CCc1ccc(OCC)c(OCC)c1OCC. The number of hydrogen-bond donors (Lipinski definition) is 0. The van der Waals surface area contributed by atoms with E-state index < -0.39 is 0 Å². The van der Waals surface area contributed by atoms with Crippen LogP contribution in [0.1, 0.15) is 39.7 Å². The lowest BCUT2D eigenvalue weighted by molar-refractivity contribution is 0.259. The van der Waals surface area contributed by atoms with Crippen LogP contribution in [0.4, 0.5) is 0 Å². The van der Waals surface area contributed by atoms with E-state index >= 15 is 0 Å². The first-order valence-electron chi connectivity index (χ1n) is 7.43. The van der Waals surface area contributed by atoms with Crippen molar-refractivity contribution in [2.24, 2.45) is 0 Å². The number of hydrogen-bond acceptors (Lipinski definition) is 3. The van der Waals surface area contributed by atoms with E-state index in [2.05, 4.69) is 18.2 Å². The molecule has 0 fully saturated rings. The molecular weight excluding hydrogens is 252 g/mol. The predicted octanol–water partition coefficient (Wildman–Crippen LogP) is 4.39. The lowest BCUT2D eigenvalue weighted by Crippen LogP contribution is -2.05. The monoisotopic (exact) mass is 278 g/mol. The zero-order valence-electron chi connectivity index (χ0n) is 13.1. The van der Waals surface area contributed by atoms with E-state index in [-0.39, 0.29) is 0 Å². The van der Waals surface area contributed by atoms with Crippen LogP contribution in [0.15, 0.2) is 24.3 Å². The van der Waals surface area contributed by atoms with Crippen LogP contribution in [0.3, 0.4) is 0 Å². The number of ether oxygens (including phenoxy) is 3. The highest BCUT2D eigenvalue weighted by Gasteiger charge is 2.16. The lowest BCUT2D eigenvalue weighted by atomic mass is 10.1. The predicted molar refractivity (Wildman–Crippen MR) is 83.1 cm³/mol. The molecule has 112 valence electrons. The molecule has 0 saturated carbocycles. The Morgan fingerprint density at radius 2 is 1.55 bits per heavy atom. The zero-order valence-corrected chi connectivity index (χ0v) is 13.1. The van der Waals surface area contributed by atoms with Crippen molar-refractivity contribution in [2.45, 2.75) is 40.5 Å². The first-order chi connectivity index (χ1) is 9.78. The van der Waals surface area contributed by atoms with Gasteiger partial charge in [-0.1, -0.05) is 18.2 Å². The fraction of sp³-hybridized carbons (Fsp3) is 0.529. The van der Waals surface area contributed by atoms with E-state index in [9.17, 15) is 0 Å². The molecule has 1 aromatic carbocycles. The van der Waals surface area contributed by atoms with Crippen LogP contribution in [-0.4, -0.2) is 19.8 Å². The van der Waals surface area contributed by atoms with E-state index in [1.165, 1.54) is 0 Å². The fourth-order valence-electron chi connectivity index (χ4n) is 2.04. The van der Waals surface area contributed by atoms with Gasteiger partial charge in [0.25, 0.3) is 0 Å². The van der Waals surface area contributed by atoms with Gasteiger partial charge < -0.3 is 14.2 Å². The van der Waals surface area contributed by atoms with Gasteiger partial charge in [-0.05, 0) is 52.2 Å². The molecule has 0 atom stereocenters. The molecule has 0 unspecified atom stereocenters. The summed E-state index contributed by atoms with van der Waals surface area (Å²) in [5, 5.41) is 0. The first-order valence-corrected chi connectivity index (χ1v) is 7.43. The van der Waals surface area contributed by atoms with E-state index in [4.69, 9.17) is 14.2 Å². The molecule has 0 saturated heterocycles. The average molecular weight is 278 g/mol. The summed E-state index contributed by atoms with van der Waals surface area (Å²) in [7, 11) is 0. The van der Waals surface area contributed by atoms with Crippen LogP contribution in [0.25, 0.3) is 0 Å². The van der Waals surface area contributed by atoms with E-state index in [0.29, 0.717) is 19.8 Å². The Bertz CT molecular complexity index is 424. The molecule has 0 aromatic heterocycles. The number of aryl methyl sites for hydroxylation is 1. The van der Waals surface area contributed by atoms with Gasteiger partial charge in [0.1, 0.15) is 0 Å².